The molecule has 10 heteroatoms. The third-order valence-corrected chi connectivity index (χ3v) is 4.24. The maximum atomic E-state index is 11.7. The third-order valence-electron chi connectivity index (χ3n) is 3.74. The molecule has 0 unspecified atom stereocenters. The molecule has 1 aromatic carbocycles. The number of rotatable bonds is 15. The summed E-state index contributed by atoms with van der Waals surface area (Å²) in [6, 6.07) is 6.19. The van der Waals surface area contributed by atoms with Gasteiger partial charge in [0.25, 0.3) is 0 Å². The normalized spacial score (nSPS) is 11.3. The van der Waals surface area contributed by atoms with Crippen molar-refractivity contribution in [3.63, 3.8) is 0 Å². The van der Waals surface area contributed by atoms with Crippen molar-refractivity contribution in [1.29, 1.82) is 0 Å². The van der Waals surface area contributed by atoms with Crippen LogP contribution in [-0.4, -0.2) is 52.8 Å². The van der Waals surface area contributed by atoms with Crippen LogP contribution in [0.2, 0.25) is 0 Å². The smallest absolute Gasteiger partial charge is 0.306 e. The van der Waals surface area contributed by atoms with E-state index in [2.05, 4.69) is 10.6 Å². The van der Waals surface area contributed by atoms with E-state index in [9.17, 15) is 18.0 Å². The molecule has 0 aliphatic rings. The molecule has 170 valence electrons. The van der Waals surface area contributed by atoms with Crippen molar-refractivity contribution in [2.24, 2.45) is 0 Å². The number of carbonyl (C=O) groups excluding carboxylic acids is 2. The van der Waals surface area contributed by atoms with Gasteiger partial charge < -0.3 is 24.3 Å². The Morgan fingerprint density at radius 2 is 1.37 bits per heavy atom. The number of ether oxygens (including phenoxy) is 2. The van der Waals surface area contributed by atoms with Crippen molar-refractivity contribution < 1.29 is 31.7 Å². The largest absolute Gasteiger partial charge is 0.383 e. The van der Waals surface area contributed by atoms with Crippen molar-refractivity contribution in [3.05, 3.63) is 29.8 Å². The van der Waals surface area contributed by atoms with Crippen molar-refractivity contribution in [3.8, 4) is 5.75 Å². The molecular formula is C20H32N2O7S. The SMILES string of the molecule is CCCNC(=O)CCOC(OCCC(=O)NCCC)c1ccc(OS(C)(=O)=O)cc1. The fourth-order valence-corrected chi connectivity index (χ4v) is 2.78. The van der Waals surface area contributed by atoms with Gasteiger partial charge in [-0.2, -0.15) is 8.42 Å². The van der Waals surface area contributed by atoms with Crippen molar-refractivity contribution in [2.45, 2.75) is 45.8 Å². The second-order valence-corrected chi connectivity index (χ2v) is 8.20. The standard InChI is InChI=1S/C20H32N2O7S/c1-4-12-21-18(23)10-14-27-20(28-15-11-19(24)22-13-5-2)16-6-8-17(9-7-16)29-30(3,25)26/h6-9,20H,4-5,10-15H2,1-3H3,(H,21,23)(H,22,24). The molecule has 0 aliphatic heterocycles. The highest BCUT2D eigenvalue weighted by molar-refractivity contribution is 7.86. The van der Waals surface area contributed by atoms with Crippen LogP contribution in [0.25, 0.3) is 0 Å². The molecule has 0 aromatic heterocycles. The molecular weight excluding hydrogens is 412 g/mol. The Morgan fingerprint density at radius 1 is 0.900 bits per heavy atom. The minimum atomic E-state index is -3.62. The Morgan fingerprint density at radius 3 is 1.77 bits per heavy atom. The van der Waals surface area contributed by atoms with Crippen LogP contribution in [0.1, 0.15) is 51.4 Å². The van der Waals surface area contributed by atoms with E-state index in [1.54, 1.807) is 12.1 Å². The topological polar surface area (TPSA) is 120 Å². The fourth-order valence-electron chi connectivity index (χ4n) is 2.32. The molecule has 0 bridgehead atoms. The lowest BCUT2D eigenvalue weighted by molar-refractivity contribution is -0.154. The maximum Gasteiger partial charge on any atom is 0.306 e. The van der Waals surface area contributed by atoms with Gasteiger partial charge in [0.2, 0.25) is 11.8 Å². The number of carbonyl (C=O) groups is 2. The molecule has 0 atom stereocenters. The Bertz CT molecular complexity index is 725. The predicted octanol–water partition coefficient (Wildman–Crippen LogP) is 1.89. The van der Waals surface area contributed by atoms with E-state index in [1.807, 2.05) is 13.8 Å². The summed E-state index contributed by atoms with van der Waals surface area (Å²) in [7, 11) is -3.62. The lowest BCUT2D eigenvalue weighted by Gasteiger charge is -2.19. The van der Waals surface area contributed by atoms with Gasteiger partial charge in [0.15, 0.2) is 6.29 Å². The van der Waals surface area contributed by atoms with E-state index in [4.69, 9.17) is 13.7 Å². The lowest BCUT2D eigenvalue weighted by Crippen LogP contribution is -2.26. The second kappa shape index (κ2) is 13.9. The second-order valence-electron chi connectivity index (χ2n) is 6.63. The summed E-state index contributed by atoms with van der Waals surface area (Å²) in [6.45, 7) is 5.40. The van der Waals surface area contributed by atoms with Crippen molar-refractivity contribution in [2.75, 3.05) is 32.6 Å². The van der Waals surface area contributed by atoms with Gasteiger partial charge in [-0.05, 0) is 25.0 Å². The van der Waals surface area contributed by atoms with Gasteiger partial charge in [-0.25, -0.2) is 0 Å². The van der Waals surface area contributed by atoms with Crippen LogP contribution in [0.5, 0.6) is 5.75 Å². The van der Waals surface area contributed by atoms with Gasteiger partial charge >= 0.3 is 10.1 Å². The van der Waals surface area contributed by atoms with E-state index in [-0.39, 0.29) is 43.6 Å². The van der Waals surface area contributed by atoms with Gasteiger partial charge in [-0.15, -0.1) is 0 Å². The van der Waals surface area contributed by atoms with Crippen LogP contribution in [-0.2, 0) is 29.2 Å². The minimum absolute atomic E-state index is 0.119. The monoisotopic (exact) mass is 444 g/mol. The molecule has 1 rings (SSSR count). The van der Waals surface area contributed by atoms with Gasteiger partial charge in [-0.1, -0.05) is 26.0 Å². The van der Waals surface area contributed by atoms with E-state index < -0.39 is 16.4 Å². The van der Waals surface area contributed by atoms with Crippen LogP contribution < -0.4 is 14.8 Å². The number of nitrogens with one attached hydrogen (secondary N) is 2. The number of hydrogen-bond donors (Lipinski definition) is 2. The Balaban J connectivity index is 2.68. The molecule has 30 heavy (non-hydrogen) atoms. The Hall–Kier alpha value is -2.17. The molecule has 0 fully saturated rings. The first kappa shape index (κ1) is 25.9. The molecule has 9 nitrogen and oxygen atoms in total. The Labute approximate surface area is 178 Å². The summed E-state index contributed by atoms with van der Waals surface area (Å²) < 4.78 is 38.7. The molecule has 1 aromatic rings. The summed E-state index contributed by atoms with van der Waals surface area (Å²) in [6.07, 6.45) is 2.19. The summed E-state index contributed by atoms with van der Waals surface area (Å²) in [5, 5.41) is 5.53. The average molecular weight is 445 g/mol. The Kier molecular flexibility index (Phi) is 12.0. The molecule has 0 aliphatic carbocycles. The molecule has 0 saturated heterocycles. The maximum absolute atomic E-state index is 11.7. The first-order valence-corrected chi connectivity index (χ1v) is 11.8. The van der Waals surface area contributed by atoms with Crippen LogP contribution in [0.15, 0.2) is 24.3 Å². The summed E-state index contributed by atoms with van der Waals surface area (Å²) in [5.41, 5.74) is 0.610. The van der Waals surface area contributed by atoms with Gasteiger partial charge in [0.05, 0.1) is 32.3 Å². The number of benzene rings is 1. The average Bonchev–Trinajstić information content (AvgIpc) is 2.69. The highest BCUT2D eigenvalue weighted by atomic mass is 32.2. The molecule has 0 heterocycles. The lowest BCUT2D eigenvalue weighted by atomic mass is 10.2. The molecule has 2 N–H and O–H groups in total. The van der Waals surface area contributed by atoms with Crippen LogP contribution in [0.4, 0.5) is 0 Å². The van der Waals surface area contributed by atoms with Gasteiger partial charge in [0, 0.05) is 18.7 Å². The quantitative estimate of drug-likeness (QED) is 0.313. The van der Waals surface area contributed by atoms with Crippen LogP contribution in [0.3, 0.4) is 0 Å². The summed E-state index contributed by atoms with van der Waals surface area (Å²) in [5.74, 6) is -0.0734. The first-order chi connectivity index (χ1) is 14.2. The van der Waals surface area contributed by atoms with E-state index in [0.29, 0.717) is 18.7 Å². The summed E-state index contributed by atoms with van der Waals surface area (Å²) in [4.78, 5) is 23.5. The van der Waals surface area contributed by atoms with Crippen molar-refractivity contribution >= 4 is 21.9 Å². The number of hydrogen-bond acceptors (Lipinski definition) is 7. The van der Waals surface area contributed by atoms with E-state index >= 15 is 0 Å². The highest BCUT2D eigenvalue weighted by Gasteiger charge is 2.15. The third kappa shape index (κ3) is 11.7. The molecule has 0 radical (unpaired) electrons. The van der Waals surface area contributed by atoms with Crippen molar-refractivity contribution in [1.82, 2.24) is 10.6 Å². The van der Waals surface area contributed by atoms with E-state index in [0.717, 1.165) is 19.1 Å². The zero-order valence-electron chi connectivity index (χ0n) is 17.8. The predicted molar refractivity (Wildman–Crippen MR) is 112 cm³/mol. The molecule has 2 amide bonds. The van der Waals surface area contributed by atoms with Crippen LogP contribution in [0, 0.1) is 0 Å². The minimum Gasteiger partial charge on any atom is -0.383 e. The van der Waals surface area contributed by atoms with Gasteiger partial charge in [0.1, 0.15) is 5.75 Å². The van der Waals surface area contributed by atoms with Crippen LogP contribution >= 0.6 is 0 Å². The van der Waals surface area contributed by atoms with E-state index in [1.165, 1.54) is 12.1 Å². The molecule has 0 saturated carbocycles. The first-order valence-electron chi connectivity index (χ1n) is 10.0. The van der Waals surface area contributed by atoms with Gasteiger partial charge in [-0.3, -0.25) is 9.59 Å². The zero-order chi connectivity index (χ0) is 22.4. The molecule has 0 spiro atoms. The fraction of sp³-hybridized carbons (Fsp3) is 0.600. The zero-order valence-corrected chi connectivity index (χ0v) is 18.6. The summed E-state index contributed by atoms with van der Waals surface area (Å²) >= 11 is 0. The number of amides is 2. The highest BCUT2D eigenvalue weighted by Crippen LogP contribution is 2.23.